The lowest BCUT2D eigenvalue weighted by Crippen LogP contribution is -2.29. The number of aromatic nitrogens is 1. The minimum atomic E-state index is -0.397. The molecule has 0 spiro atoms. The first-order valence-corrected chi connectivity index (χ1v) is 8.76. The Balaban J connectivity index is 0.00000208. The van der Waals surface area contributed by atoms with E-state index in [4.69, 9.17) is 10.5 Å². The molecule has 2 aromatic rings. The number of carbonyl (C=O) groups is 1. The van der Waals surface area contributed by atoms with Gasteiger partial charge in [0.25, 0.3) is 5.91 Å². The van der Waals surface area contributed by atoms with E-state index in [0.29, 0.717) is 6.54 Å². The summed E-state index contributed by atoms with van der Waals surface area (Å²) in [6, 6.07) is 5.83. The van der Waals surface area contributed by atoms with Crippen LogP contribution in [-0.4, -0.2) is 29.6 Å². The molecule has 3 rings (SSSR count). The molecule has 1 saturated heterocycles. The van der Waals surface area contributed by atoms with Gasteiger partial charge in [0, 0.05) is 17.6 Å². The molecule has 0 saturated carbocycles. The second-order valence-electron chi connectivity index (χ2n) is 7.00. The van der Waals surface area contributed by atoms with E-state index in [1.807, 2.05) is 18.2 Å². The van der Waals surface area contributed by atoms with Crippen molar-refractivity contribution in [2.75, 3.05) is 11.9 Å². The van der Waals surface area contributed by atoms with Gasteiger partial charge in [0.2, 0.25) is 0 Å². The normalized spacial score (nSPS) is 20.8. The topological polar surface area (TPSA) is 77.2 Å². The highest BCUT2D eigenvalue weighted by atomic mass is 35.5. The fraction of sp³-hybridized carbons (Fsp3) is 0.529. The van der Waals surface area contributed by atoms with Gasteiger partial charge >= 0.3 is 0 Å². The molecule has 0 radical (unpaired) electrons. The summed E-state index contributed by atoms with van der Waals surface area (Å²) in [6.45, 7) is 6.92. The maximum atomic E-state index is 12.3. The minimum Gasteiger partial charge on any atom is -0.364 e. The molecule has 1 aliphatic rings. The van der Waals surface area contributed by atoms with Gasteiger partial charge in [-0.2, -0.15) is 0 Å². The number of nitrogens with one attached hydrogen (secondary N) is 1. The Morgan fingerprint density at radius 2 is 2.17 bits per heavy atom. The van der Waals surface area contributed by atoms with Crippen LogP contribution in [-0.2, 0) is 14.9 Å². The van der Waals surface area contributed by atoms with Gasteiger partial charge in [0.1, 0.15) is 6.10 Å². The highest BCUT2D eigenvalue weighted by Crippen LogP contribution is 2.32. The van der Waals surface area contributed by atoms with Crippen molar-refractivity contribution in [3.8, 4) is 0 Å². The Kier molecular flexibility index (Phi) is 5.86. The predicted molar refractivity (Wildman–Crippen MR) is 101 cm³/mol. The maximum Gasteiger partial charge on any atom is 0.253 e. The van der Waals surface area contributed by atoms with Crippen molar-refractivity contribution in [1.82, 2.24) is 4.98 Å². The first-order valence-electron chi connectivity index (χ1n) is 7.94. The van der Waals surface area contributed by atoms with Crippen LogP contribution in [0.4, 0.5) is 5.69 Å². The van der Waals surface area contributed by atoms with Gasteiger partial charge in [-0.1, -0.05) is 20.8 Å². The van der Waals surface area contributed by atoms with E-state index in [0.717, 1.165) is 33.8 Å². The molecule has 1 fully saturated rings. The molecule has 1 aromatic heterocycles. The Morgan fingerprint density at radius 3 is 2.79 bits per heavy atom. The Hall–Kier alpha value is -1.21. The maximum absolute atomic E-state index is 12.3. The van der Waals surface area contributed by atoms with Crippen LogP contribution in [0, 0.1) is 0 Å². The summed E-state index contributed by atoms with van der Waals surface area (Å²) in [5.74, 6) is -0.0964. The average molecular weight is 370 g/mol. The smallest absolute Gasteiger partial charge is 0.253 e. The summed E-state index contributed by atoms with van der Waals surface area (Å²) in [7, 11) is 0. The van der Waals surface area contributed by atoms with Gasteiger partial charge in [0.15, 0.2) is 0 Å². The number of benzene rings is 1. The molecule has 132 valence electrons. The number of hydrogen-bond acceptors (Lipinski definition) is 5. The number of ether oxygens (including phenoxy) is 1. The zero-order chi connectivity index (χ0) is 16.6. The molecule has 1 aromatic carbocycles. The fourth-order valence-electron chi connectivity index (χ4n) is 2.62. The van der Waals surface area contributed by atoms with Crippen LogP contribution in [0.3, 0.4) is 0 Å². The first-order chi connectivity index (χ1) is 10.9. The highest BCUT2D eigenvalue weighted by molar-refractivity contribution is 7.18. The number of thiazole rings is 1. The standard InChI is InChI=1S/C17H23N3O2S.ClH/c1-17(2,3)16-20-12-6-4-10(8-14(12)23-16)19-15(21)13-7-5-11(9-18)22-13;/h4,6,8,11,13H,5,7,9,18H2,1-3H3,(H,19,21);1H/t11-,13+;/m1./s1. The van der Waals surface area contributed by atoms with E-state index in [1.165, 1.54) is 0 Å². The molecule has 24 heavy (non-hydrogen) atoms. The van der Waals surface area contributed by atoms with Crippen LogP contribution < -0.4 is 11.1 Å². The summed E-state index contributed by atoms with van der Waals surface area (Å²) in [5, 5.41) is 4.04. The highest BCUT2D eigenvalue weighted by Gasteiger charge is 2.30. The second-order valence-corrected chi connectivity index (χ2v) is 8.03. The lowest BCUT2D eigenvalue weighted by atomic mass is 9.98. The molecule has 2 heterocycles. The molecule has 0 aliphatic carbocycles. The van der Waals surface area contributed by atoms with Crippen molar-refractivity contribution in [3.63, 3.8) is 0 Å². The number of hydrogen-bond donors (Lipinski definition) is 2. The molecule has 7 heteroatoms. The Labute approximate surface area is 152 Å². The number of anilines is 1. The zero-order valence-corrected chi connectivity index (χ0v) is 15.8. The van der Waals surface area contributed by atoms with E-state index in [9.17, 15) is 4.79 Å². The zero-order valence-electron chi connectivity index (χ0n) is 14.2. The number of nitrogens with two attached hydrogens (primary N) is 1. The van der Waals surface area contributed by atoms with Gasteiger partial charge in [-0.05, 0) is 31.0 Å². The van der Waals surface area contributed by atoms with Crippen molar-refractivity contribution in [1.29, 1.82) is 0 Å². The van der Waals surface area contributed by atoms with Gasteiger partial charge in [-0.25, -0.2) is 4.98 Å². The SMILES string of the molecule is CC(C)(C)c1nc2ccc(NC(=O)[C@@H]3CC[C@H](CN)O3)cc2s1.Cl. The third kappa shape index (κ3) is 4.06. The van der Waals surface area contributed by atoms with Gasteiger partial charge in [-0.3, -0.25) is 4.79 Å². The van der Waals surface area contributed by atoms with Crippen molar-refractivity contribution >= 4 is 45.6 Å². The van der Waals surface area contributed by atoms with Crippen LogP contribution in [0.5, 0.6) is 0 Å². The van der Waals surface area contributed by atoms with E-state index in [2.05, 4.69) is 31.1 Å². The molecule has 3 N–H and O–H groups in total. The monoisotopic (exact) mass is 369 g/mol. The van der Waals surface area contributed by atoms with Crippen molar-refractivity contribution in [3.05, 3.63) is 23.2 Å². The Bertz CT molecular complexity index is 726. The molecule has 0 bridgehead atoms. The number of fused-ring (bicyclic) bond motifs is 1. The average Bonchev–Trinajstić information content (AvgIpc) is 3.12. The second kappa shape index (κ2) is 7.35. The minimum absolute atomic E-state index is 0. The van der Waals surface area contributed by atoms with Crippen LogP contribution >= 0.6 is 23.7 Å². The third-order valence-corrected chi connectivity index (χ3v) is 5.40. The number of halogens is 1. The quantitative estimate of drug-likeness (QED) is 0.868. The lowest BCUT2D eigenvalue weighted by molar-refractivity contribution is -0.126. The van der Waals surface area contributed by atoms with E-state index >= 15 is 0 Å². The van der Waals surface area contributed by atoms with Crippen LogP contribution in [0.25, 0.3) is 10.2 Å². The van der Waals surface area contributed by atoms with Crippen LogP contribution in [0.2, 0.25) is 0 Å². The first kappa shape index (κ1) is 19.1. The van der Waals surface area contributed by atoms with E-state index < -0.39 is 6.10 Å². The summed E-state index contributed by atoms with van der Waals surface area (Å²) >= 11 is 1.67. The molecular weight excluding hydrogens is 346 g/mol. The van der Waals surface area contributed by atoms with Crippen molar-refractivity contribution < 1.29 is 9.53 Å². The van der Waals surface area contributed by atoms with Crippen LogP contribution in [0.15, 0.2) is 18.2 Å². The van der Waals surface area contributed by atoms with Gasteiger partial charge < -0.3 is 15.8 Å². The van der Waals surface area contributed by atoms with E-state index in [-0.39, 0.29) is 29.8 Å². The van der Waals surface area contributed by atoms with E-state index in [1.54, 1.807) is 11.3 Å². The van der Waals surface area contributed by atoms with Gasteiger partial charge in [-0.15, -0.1) is 23.7 Å². The van der Waals surface area contributed by atoms with Gasteiger partial charge in [0.05, 0.1) is 21.3 Å². The molecule has 1 amide bonds. The molecular formula is C17H24ClN3O2S. The van der Waals surface area contributed by atoms with Crippen molar-refractivity contribution in [2.45, 2.75) is 51.2 Å². The molecule has 1 aliphatic heterocycles. The largest absolute Gasteiger partial charge is 0.364 e. The summed E-state index contributed by atoms with van der Waals surface area (Å²) in [5.41, 5.74) is 7.37. The predicted octanol–water partition coefficient (Wildman–Crippen LogP) is 3.46. The number of rotatable bonds is 3. The Morgan fingerprint density at radius 1 is 1.42 bits per heavy atom. The molecule has 5 nitrogen and oxygen atoms in total. The number of amides is 1. The number of nitrogens with zero attached hydrogens (tertiary/aromatic N) is 1. The van der Waals surface area contributed by atoms with Crippen molar-refractivity contribution in [2.24, 2.45) is 5.73 Å². The van der Waals surface area contributed by atoms with Crippen LogP contribution in [0.1, 0.15) is 38.6 Å². The fourth-order valence-corrected chi connectivity index (χ4v) is 3.68. The summed E-state index contributed by atoms with van der Waals surface area (Å²) in [6.07, 6.45) is 1.18. The molecule has 2 atom stereocenters. The summed E-state index contributed by atoms with van der Waals surface area (Å²) < 4.78 is 6.72. The molecule has 0 unspecified atom stereocenters. The lowest BCUT2D eigenvalue weighted by Gasteiger charge is -2.13. The third-order valence-electron chi connectivity index (χ3n) is 3.96. The number of carbonyl (C=O) groups excluding carboxylic acids is 1. The summed E-state index contributed by atoms with van der Waals surface area (Å²) in [4.78, 5) is 17.0.